The fourth-order valence-electron chi connectivity index (χ4n) is 4.09. The number of hydrogen-bond donors (Lipinski definition) is 2. The van der Waals surface area contributed by atoms with Crippen molar-refractivity contribution < 1.29 is 5.11 Å². The molecule has 2 aliphatic rings. The molecule has 0 aromatic heterocycles. The first-order valence-corrected chi connectivity index (χ1v) is 8.35. The van der Waals surface area contributed by atoms with Crippen LogP contribution in [0.1, 0.15) is 58.3 Å². The molecule has 1 unspecified atom stereocenters. The Labute approximate surface area is 118 Å². The van der Waals surface area contributed by atoms with Crippen molar-refractivity contribution in [2.24, 2.45) is 5.41 Å². The quantitative estimate of drug-likeness (QED) is 0.709. The van der Waals surface area contributed by atoms with Crippen molar-refractivity contribution in [3.63, 3.8) is 0 Å². The highest BCUT2D eigenvalue weighted by Crippen LogP contribution is 2.40. The number of hydrogen-bond acceptors (Lipinski definition) is 3. The highest BCUT2D eigenvalue weighted by molar-refractivity contribution is 4.92. The van der Waals surface area contributed by atoms with Crippen molar-refractivity contribution in [1.82, 2.24) is 10.2 Å². The second-order valence-electron chi connectivity index (χ2n) is 6.62. The van der Waals surface area contributed by atoms with E-state index < -0.39 is 0 Å². The molecule has 112 valence electrons. The van der Waals surface area contributed by atoms with Crippen LogP contribution >= 0.6 is 0 Å². The summed E-state index contributed by atoms with van der Waals surface area (Å²) in [6.45, 7) is 7.43. The van der Waals surface area contributed by atoms with E-state index in [1.807, 2.05) is 0 Å². The minimum absolute atomic E-state index is 0.354. The van der Waals surface area contributed by atoms with E-state index in [9.17, 15) is 0 Å². The Balaban J connectivity index is 1.88. The van der Waals surface area contributed by atoms with Crippen LogP contribution in [-0.2, 0) is 0 Å². The lowest BCUT2D eigenvalue weighted by Gasteiger charge is -2.36. The van der Waals surface area contributed by atoms with Crippen LogP contribution in [0.25, 0.3) is 0 Å². The molecule has 1 saturated heterocycles. The largest absolute Gasteiger partial charge is 0.396 e. The summed E-state index contributed by atoms with van der Waals surface area (Å²) < 4.78 is 0. The van der Waals surface area contributed by atoms with Crippen LogP contribution in [0.15, 0.2) is 0 Å². The molecule has 0 aromatic carbocycles. The van der Waals surface area contributed by atoms with Gasteiger partial charge < -0.3 is 10.4 Å². The third-order valence-corrected chi connectivity index (χ3v) is 5.15. The third-order valence-electron chi connectivity index (χ3n) is 5.15. The topological polar surface area (TPSA) is 35.5 Å². The molecular formula is C16H32N2O. The summed E-state index contributed by atoms with van der Waals surface area (Å²) in [5.74, 6) is 0. The summed E-state index contributed by atoms with van der Waals surface area (Å²) in [5.41, 5.74) is 0.539. The summed E-state index contributed by atoms with van der Waals surface area (Å²) >= 11 is 0. The highest BCUT2D eigenvalue weighted by Gasteiger charge is 2.37. The van der Waals surface area contributed by atoms with Crippen molar-refractivity contribution in [2.75, 3.05) is 32.8 Å². The zero-order valence-electron chi connectivity index (χ0n) is 12.7. The number of rotatable bonds is 8. The van der Waals surface area contributed by atoms with Crippen LogP contribution in [0.5, 0.6) is 0 Å². The molecular weight excluding hydrogens is 236 g/mol. The van der Waals surface area contributed by atoms with Crippen LogP contribution in [0.4, 0.5) is 0 Å². The summed E-state index contributed by atoms with van der Waals surface area (Å²) in [4.78, 5) is 2.73. The number of nitrogens with one attached hydrogen (secondary N) is 1. The molecule has 0 radical (unpaired) electrons. The SMILES string of the molecule is CCNCC1(CN2CCCC2CCCO)CCCC1. The van der Waals surface area contributed by atoms with E-state index >= 15 is 0 Å². The molecule has 2 fully saturated rings. The molecule has 3 heteroatoms. The molecule has 0 amide bonds. The molecule has 1 aliphatic heterocycles. The average Bonchev–Trinajstić information content (AvgIpc) is 3.05. The predicted octanol–water partition coefficient (Wildman–Crippen LogP) is 2.39. The molecule has 0 spiro atoms. The zero-order valence-corrected chi connectivity index (χ0v) is 12.7. The normalized spacial score (nSPS) is 27.2. The van der Waals surface area contributed by atoms with E-state index in [1.165, 1.54) is 64.6 Å². The third kappa shape index (κ3) is 4.17. The first-order valence-electron chi connectivity index (χ1n) is 8.35. The van der Waals surface area contributed by atoms with Crippen molar-refractivity contribution in [3.05, 3.63) is 0 Å². The molecule has 0 bridgehead atoms. The highest BCUT2D eigenvalue weighted by atomic mass is 16.2. The van der Waals surface area contributed by atoms with Gasteiger partial charge in [0.15, 0.2) is 0 Å². The lowest BCUT2D eigenvalue weighted by Crippen LogP contribution is -2.44. The van der Waals surface area contributed by atoms with E-state index in [0.29, 0.717) is 12.0 Å². The molecule has 2 N–H and O–H groups in total. The van der Waals surface area contributed by atoms with Gasteiger partial charge in [-0.05, 0) is 57.0 Å². The van der Waals surface area contributed by atoms with E-state index in [2.05, 4.69) is 17.1 Å². The molecule has 0 aromatic rings. The molecule has 2 rings (SSSR count). The average molecular weight is 268 g/mol. The van der Waals surface area contributed by atoms with Crippen LogP contribution in [0, 0.1) is 5.41 Å². The first-order chi connectivity index (χ1) is 9.29. The van der Waals surface area contributed by atoms with Crippen LogP contribution in [-0.4, -0.2) is 48.8 Å². The number of aliphatic hydroxyl groups is 1. The number of nitrogens with zero attached hydrogens (tertiary/aromatic N) is 1. The van der Waals surface area contributed by atoms with Gasteiger partial charge in [-0.15, -0.1) is 0 Å². The van der Waals surface area contributed by atoms with E-state index in [0.717, 1.165) is 19.0 Å². The predicted molar refractivity (Wildman–Crippen MR) is 80.4 cm³/mol. The van der Waals surface area contributed by atoms with Gasteiger partial charge >= 0.3 is 0 Å². The van der Waals surface area contributed by atoms with Gasteiger partial charge in [0.05, 0.1) is 0 Å². The fraction of sp³-hybridized carbons (Fsp3) is 1.00. The maximum absolute atomic E-state index is 9.04. The van der Waals surface area contributed by atoms with Crippen molar-refractivity contribution in [1.29, 1.82) is 0 Å². The second-order valence-corrected chi connectivity index (χ2v) is 6.62. The molecule has 1 saturated carbocycles. The lowest BCUT2D eigenvalue weighted by atomic mass is 9.85. The maximum Gasteiger partial charge on any atom is 0.0431 e. The first kappa shape index (κ1) is 15.3. The molecule has 1 aliphatic carbocycles. The van der Waals surface area contributed by atoms with Crippen molar-refractivity contribution >= 4 is 0 Å². The van der Waals surface area contributed by atoms with Crippen molar-refractivity contribution in [3.8, 4) is 0 Å². The summed E-state index contributed by atoms with van der Waals surface area (Å²) in [6, 6.07) is 0.742. The van der Waals surface area contributed by atoms with Crippen LogP contribution < -0.4 is 5.32 Å². The van der Waals surface area contributed by atoms with E-state index in [1.54, 1.807) is 0 Å². The van der Waals surface area contributed by atoms with Gasteiger partial charge in [-0.3, -0.25) is 4.90 Å². The standard InChI is InChI=1S/C16H32N2O/c1-2-17-13-16(9-3-4-10-16)14-18-11-5-7-15(18)8-6-12-19/h15,17,19H,2-14H2,1H3. The molecule has 3 nitrogen and oxygen atoms in total. The second kappa shape index (κ2) is 7.61. The monoisotopic (exact) mass is 268 g/mol. The molecule has 19 heavy (non-hydrogen) atoms. The maximum atomic E-state index is 9.04. The fourth-order valence-corrected chi connectivity index (χ4v) is 4.09. The smallest absolute Gasteiger partial charge is 0.0431 e. The van der Waals surface area contributed by atoms with Gasteiger partial charge in [0.25, 0.3) is 0 Å². The Bertz CT molecular complexity index is 251. The Hall–Kier alpha value is -0.120. The zero-order chi connectivity index (χ0) is 13.6. The van der Waals surface area contributed by atoms with Crippen LogP contribution in [0.2, 0.25) is 0 Å². The van der Waals surface area contributed by atoms with E-state index in [-0.39, 0.29) is 0 Å². The summed E-state index contributed by atoms with van der Waals surface area (Å²) in [5, 5.41) is 12.6. The van der Waals surface area contributed by atoms with Gasteiger partial charge in [0, 0.05) is 25.7 Å². The molecule has 1 heterocycles. The molecule has 1 atom stereocenters. The summed E-state index contributed by atoms with van der Waals surface area (Å²) in [7, 11) is 0. The summed E-state index contributed by atoms with van der Waals surface area (Å²) in [6.07, 6.45) is 10.5. The number of aliphatic hydroxyl groups excluding tert-OH is 1. The van der Waals surface area contributed by atoms with Gasteiger partial charge in [-0.2, -0.15) is 0 Å². The van der Waals surface area contributed by atoms with Crippen LogP contribution in [0.3, 0.4) is 0 Å². The van der Waals surface area contributed by atoms with Gasteiger partial charge in [0.2, 0.25) is 0 Å². The Morgan fingerprint density at radius 3 is 2.74 bits per heavy atom. The van der Waals surface area contributed by atoms with Gasteiger partial charge in [-0.1, -0.05) is 19.8 Å². The Morgan fingerprint density at radius 2 is 2.05 bits per heavy atom. The van der Waals surface area contributed by atoms with Crippen molar-refractivity contribution in [2.45, 2.75) is 64.3 Å². The minimum atomic E-state index is 0.354. The van der Waals surface area contributed by atoms with Gasteiger partial charge in [-0.25, -0.2) is 0 Å². The Kier molecular flexibility index (Phi) is 6.11. The lowest BCUT2D eigenvalue weighted by molar-refractivity contribution is 0.129. The Morgan fingerprint density at radius 1 is 1.26 bits per heavy atom. The minimum Gasteiger partial charge on any atom is -0.396 e. The number of likely N-dealkylation sites (tertiary alicyclic amines) is 1. The van der Waals surface area contributed by atoms with Gasteiger partial charge in [0.1, 0.15) is 0 Å². The van der Waals surface area contributed by atoms with E-state index in [4.69, 9.17) is 5.11 Å².